The van der Waals surface area contributed by atoms with Crippen molar-refractivity contribution in [3.05, 3.63) is 23.1 Å². The summed E-state index contributed by atoms with van der Waals surface area (Å²) in [6, 6.07) is 3.53. The van der Waals surface area contributed by atoms with E-state index in [2.05, 4.69) is 6.92 Å². The molecule has 0 saturated heterocycles. The van der Waals surface area contributed by atoms with E-state index in [9.17, 15) is 0 Å². The highest BCUT2D eigenvalue weighted by atomic mass is 35.5. The van der Waals surface area contributed by atoms with Crippen LogP contribution in [-0.4, -0.2) is 0 Å². The van der Waals surface area contributed by atoms with Crippen LogP contribution in [0.25, 0.3) is 0 Å². The van der Waals surface area contributed by atoms with Gasteiger partial charge in [0.25, 0.3) is 0 Å². The molecule has 0 amide bonds. The molecular formula is C8H12ClNO. The quantitative estimate of drug-likeness (QED) is 0.764. The molecule has 1 heterocycles. The minimum absolute atomic E-state index is 0.00694. The molecule has 2 nitrogen and oxygen atoms in total. The number of rotatable bonds is 3. The van der Waals surface area contributed by atoms with Gasteiger partial charge in [-0.25, -0.2) is 0 Å². The first-order chi connectivity index (χ1) is 5.24. The Kier molecular flexibility index (Phi) is 2.97. The van der Waals surface area contributed by atoms with Crippen LogP contribution in [0.15, 0.2) is 16.5 Å². The summed E-state index contributed by atoms with van der Waals surface area (Å²) in [7, 11) is 0. The van der Waals surface area contributed by atoms with Gasteiger partial charge in [0, 0.05) is 0 Å². The Bertz CT molecular complexity index is 222. The SMILES string of the molecule is CCC[C@@H](N)c1ccc(Cl)o1. The molecule has 3 heteroatoms. The Hall–Kier alpha value is -0.470. The maximum Gasteiger partial charge on any atom is 0.193 e. The molecule has 0 radical (unpaired) electrons. The predicted octanol–water partition coefficient (Wildman–Crippen LogP) is 2.73. The fourth-order valence-corrected chi connectivity index (χ4v) is 1.13. The largest absolute Gasteiger partial charge is 0.448 e. The minimum Gasteiger partial charge on any atom is -0.448 e. The molecule has 1 atom stereocenters. The fraction of sp³-hybridized carbons (Fsp3) is 0.500. The van der Waals surface area contributed by atoms with Crippen LogP contribution in [0.4, 0.5) is 0 Å². The minimum atomic E-state index is -0.00694. The van der Waals surface area contributed by atoms with Gasteiger partial charge in [-0.1, -0.05) is 13.3 Å². The van der Waals surface area contributed by atoms with Gasteiger partial charge < -0.3 is 10.2 Å². The Morgan fingerprint density at radius 2 is 2.36 bits per heavy atom. The second kappa shape index (κ2) is 3.79. The Balaban J connectivity index is 2.60. The molecular weight excluding hydrogens is 162 g/mol. The number of halogens is 1. The molecule has 0 aliphatic heterocycles. The summed E-state index contributed by atoms with van der Waals surface area (Å²) >= 11 is 5.58. The average molecular weight is 174 g/mol. The molecule has 2 N–H and O–H groups in total. The standard InChI is InChI=1S/C8H12ClNO/c1-2-3-6(10)7-4-5-8(9)11-7/h4-6H,2-3,10H2,1H3/t6-/m1/s1. The van der Waals surface area contributed by atoms with Crippen molar-refractivity contribution in [3.63, 3.8) is 0 Å². The van der Waals surface area contributed by atoms with Gasteiger partial charge in [-0.05, 0) is 30.2 Å². The predicted molar refractivity (Wildman–Crippen MR) is 45.6 cm³/mol. The Labute approximate surface area is 71.3 Å². The van der Waals surface area contributed by atoms with E-state index in [4.69, 9.17) is 21.8 Å². The molecule has 1 rings (SSSR count). The zero-order chi connectivity index (χ0) is 8.27. The molecule has 0 fully saturated rings. The van der Waals surface area contributed by atoms with Crippen molar-refractivity contribution < 1.29 is 4.42 Å². The van der Waals surface area contributed by atoms with Gasteiger partial charge in [-0.15, -0.1) is 0 Å². The molecule has 0 bridgehead atoms. The summed E-state index contributed by atoms with van der Waals surface area (Å²) in [6.45, 7) is 2.09. The molecule has 62 valence electrons. The summed E-state index contributed by atoms with van der Waals surface area (Å²) in [5.41, 5.74) is 5.77. The van der Waals surface area contributed by atoms with Gasteiger partial charge in [-0.2, -0.15) is 0 Å². The summed E-state index contributed by atoms with van der Waals surface area (Å²) in [5.74, 6) is 0.775. The lowest BCUT2D eigenvalue weighted by atomic mass is 10.1. The van der Waals surface area contributed by atoms with Crippen molar-refractivity contribution in [1.29, 1.82) is 0 Å². The zero-order valence-electron chi connectivity index (χ0n) is 6.51. The molecule has 1 aromatic rings. The van der Waals surface area contributed by atoms with Gasteiger partial charge >= 0.3 is 0 Å². The van der Waals surface area contributed by atoms with Gasteiger partial charge in [-0.3, -0.25) is 0 Å². The van der Waals surface area contributed by atoms with Crippen LogP contribution in [-0.2, 0) is 0 Å². The first-order valence-electron chi connectivity index (χ1n) is 3.75. The average Bonchev–Trinajstić information content (AvgIpc) is 2.36. The first kappa shape index (κ1) is 8.62. The molecule has 11 heavy (non-hydrogen) atoms. The van der Waals surface area contributed by atoms with E-state index in [1.807, 2.05) is 6.07 Å². The van der Waals surface area contributed by atoms with Crippen molar-refractivity contribution in [1.82, 2.24) is 0 Å². The van der Waals surface area contributed by atoms with E-state index in [1.54, 1.807) is 6.07 Å². The van der Waals surface area contributed by atoms with Crippen LogP contribution in [0, 0.1) is 0 Å². The van der Waals surface area contributed by atoms with E-state index in [0.29, 0.717) is 5.22 Å². The third-order valence-corrected chi connectivity index (χ3v) is 1.76. The van der Waals surface area contributed by atoms with Crippen molar-refractivity contribution in [2.75, 3.05) is 0 Å². The van der Waals surface area contributed by atoms with Crippen LogP contribution in [0.2, 0.25) is 5.22 Å². The van der Waals surface area contributed by atoms with Gasteiger partial charge in [0.05, 0.1) is 6.04 Å². The number of hydrogen-bond donors (Lipinski definition) is 1. The monoisotopic (exact) mass is 173 g/mol. The third-order valence-electron chi connectivity index (χ3n) is 1.56. The Morgan fingerprint density at radius 3 is 2.82 bits per heavy atom. The van der Waals surface area contributed by atoms with Crippen LogP contribution in [0.3, 0.4) is 0 Å². The lowest BCUT2D eigenvalue weighted by molar-refractivity contribution is 0.451. The third kappa shape index (κ3) is 2.24. The fourth-order valence-electron chi connectivity index (χ4n) is 0.981. The van der Waals surface area contributed by atoms with Crippen molar-refractivity contribution in [3.8, 4) is 0 Å². The van der Waals surface area contributed by atoms with Crippen LogP contribution in [0.1, 0.15) is 31.6 Å². The normalized spacial score (nSPS) is 13.4. The molecule has 0 saturated carbocycles. The molecule has 0 aliphatic rings. The van der Waals surface area contributed by atoms with Gasteiger partial charge in [0.1, 0.15) is 5.76 Å². The zero-order valence-corrected chi connectivity index (χ0v) is 7.27. The first-order valence-corrected chi connectivity index (χ1v) is 4.12. The summed E-state index contributed by atoms with van der Waals surface area (Å²) in [6.07, 6.45) is 1.99. The summed E-state index contributed by atoms with van der Waals surface area (Å²) in [4.78, 5) is 0. The van der Waals surface area contributed by atoms with Crippen molar-refractivity contribution >= 4 is 11.6 Å². The Morgan fingerprint density at radius 1 is 1.64 bits per heavy atom. The number of nitrogens with two attached hydrogens (primary N) is 1. The molecule has 0 aromatic carbocycles. The smallest absolute Gasteiger partial charge is 0.193 e. The molecule has 0 aliphatic carbocycles. The molecule has 0 unspecified atom stereocenters. The summed E-state index contributed by atoms with van der Waals surface area (Å²) < 4.78 is 5.14. The van der Waals surface area contributed by atoms with Crippen molar-refractivity contribution in [2.24, 2.45) is 5.73 Å². The van der Waals surface area contributed by atoms with E-state index in [-0.39, 0.29) is 6.04 Å². The second-order valence-electron chi connectivity index (χ2n) is 2.54. The lowest BCUT2D eigenvalue weighted by Gasteiger charge is -2.04. The molecule has 0 spiro atoms. The van der Waals surface area contributed by atoms with E-state index in [0.717, 1.165) is 18.6 Å². The van der Waals surface area contributed by atoms with Crippen LogP contribution < -0.4 is 5.73 Å². The highest BCUT2D eigenvalue weighted by Crippen LogP contribution is 2.20. The number of hydrogen-bond acceptors (Lipinski definition) is 2. The maximum absolute atomic E-state index is 5.77. The van der Waals surface area contributed by atoms with Crippen molar-refractivity contribution in [2.45, 2.75) is 25.8 Å². The van der Waals surface area contributed by atoms with Crippen LogP contribution in [0.5, 0.6) is 0 Å². The highest BCUT2D eigenvalue weighted by Gasteiger charge is 2.08. The number of furan rings is 1. The topological polar surface area (TPSA) is 39.2 Å². The summed E-state index contributed by atoms with van der Waals surface area (Å²) in [5, 5.41) is 0.409. The van der Waals surface area contributed by atoms with Gasteiger partial charge in [0.2, 0.25) is 0 Å². The van der Waals surface area contributed by atoms with Crippen LogP contribution >= 0.6 is 11.6 Å². The van der Waals surface area contributed by atoms with E-state index < -0.39 is 0 Å². The van der Waals surface area contributed by atoms with Gasteiger partial charge in [0.15, 0.2) is 5.22 Å². The maximum atomic E-state index is 5.77. The highest BCUT2D eigenvalue weighted by molar-refractivity contribution is 6.28. The lowest BCUT2D eigenvalue weighted by Crippen LogP contribution is -2.08. The molecule has 1 aromatic heterocycles. The van der Waals surface area contributed by atoms with E-state index >= 15 is 0 Å². The second-order valence-corrected chi connectivity index (χ2v) is 2.91. The van der Waals surface area contributed by atoms with E-state index in [1.165, 1.54) is 0 Å².